The molecule has 0 saturated carbocycles. The van der Waals surface area contributed by atoms with Gasteiger partial charge in [0, 0.05) is 0 Å². The summed E-state index contributed by atoms with van der Waals surface area (Å²) in [5.74, 6) is -2.73. The molecule has 2 amide bonds. The first-order chi connectivity index (χ1) is 14.5. The molecule has 3 aromatic carbocycles. The van der Waals surface area contributed by atoms with Crippen LogP contribution in [0.5, 0.6) is 0 Å². The Morgan fingerprint density at radius 2 is 0.933 bits per heavy atom. The van der Waals surface area contributed by atoms with E-state index >= 15 is 0 Å². The molecule has 0 unspecified atom stereocenters. The van der Waals surface area contributed by atoms with Gasteiger partial charge in [-0.3, -0.25) is 14.8 Å². The van der Waals surface area contributed by atoms with Crippen molar-refractivity contribution in [2.24, 2.45) is 0 Å². The molecule has 0 atom stereocenters. The van der Waals surface area contributed by atoms with Gasteiger partial charge >= 0.3 is 11.9 Å². The second-order valence-corrected chi connectivity index (χ2v) is 5.94. The molecule has 8 heteroatoms. The number of nitrogens with zero attached hydrogens (tertiary/aromatic N) is 1. The smallest absolute Gasteiger partial charge is 0.278 e. The highest BCUT2D eigenvalue weighted by molar-refractivity contribution is 6.20. The summed E-state index contributed by atoms with van der Waals surface area (Å²) in [7, 11) is 0. The van der Waals surface area contributed by atoms with Gasteiger partial charge in [-0.1, -0.05) is 48.5 Å². The van der Waals surface area contributed by atoms with Crippen molar-refractivity contribution in [2.45, 2.75) is 0 Å². The molecule has 0 bridgehead atoms. The van der Waals surface area contributed by atoms with Gasteiger partial charge in [0.1, 0.15) is 0 Å². The molecule has 150 valence electrons. The van der Waals surface area contributed by atoms with Crippen LogP contribution in [-0.4, -0.2) is 34.0 Å². The molecular formula is C22H15NO7. The lowest BCUT2D eigenvalue weighted by molar-refractivity contribution is -0.187. The highest BCUT2D eigenvalue weighted by Gasteiger charge is 2.34. The molecule has 0 aromatic heterocycles. The third kappa shape index (κ3) is 4.57. The van der Waals surface area contributed by atoms with Crippen LogP contribution in [0.1, 0.15) is 41.4 Å². The number of carbonyl (C=O) groups excluding carboxylic acids is 4. The first-order valence-corrected chi connectivity index (χ1v) is 8.69. The van der Waals surface area contributed by atoms with Crippen molar-refractivity contribution in [1.29, 1.82) is 0 Å². The fraction of sp³-hybridized carbons (Fsp3) is 0. The van der Waals surface area contributed by atoms with Crippen LogP contribution in [0.25, 0.3) is 0 Å². The Morgan fingerprint density at radius 1 is 0.600 bits per heavy atom. The van der Waals surface area contributed by atoms with Gasteiger partial charge in [-0.15, -0.1) is 5.06 Å². The Hall–Kier alpha value is -4.30. The Kier molecular flexibility index (Phi) is 6.31. The van der Waals surface area contributed by atoms with Gasteiger partial charge in [-0.05, 0) is 36.4 Å². The topological polar surface area (TPSA) is 110 Å². The van der Waals surface area contributed by atoms with Gasteiger partial charge in [0.05, 0.1) is 22.3 Å². The van der Waals surface area contributed by atoms with Crippen molar-refractivity contribution >= 4 is 23.8 Å². The van der Waals surface area contributed by atoms with Crippen molar-refractivity contribution in [3.8, 4) is 0 Å². The predicted octanol–water partition coefficient (Wildman–Crippen LogP) is 3.29. The minimum absolute atomic E-state index is 0.130. The average Bonchev–Trinajstić information content (AvgIpc) is 3.03. The Morgan fingerprint density at radius 3 is 1.30 bits per heavy atom. The maximum absolute atomic E-state index is 11.5. The average molecular weight is 405 g/mol. The van der Waals surface area contributed by atoms with Crippen molar-refractivity contribution in [1.82, 2.24) is 5.06 Å². The summed E-state index contributed by atoms with van der Waals surface area (Å²) in [6.45, 7) is 0. The van der Waals surface area contributed by atoms with Gasteiger partial charge in [0.2, 0.25) is 0 Å². The summed E-state index contributed by atoms with van der Waals surface area (Å²) in [5, 5.41) is 9.05. The lowest BCUT2D eigenvalue weighted by Gasteiger charge is -2.02. The fourth-order valence-corrected chi connectivity index (χ4v) is 2.50. The van der Waals surface area contributed by atoms with Crippen LogP contribution in [0.15, 0.2) is 84.9 Å². The van der Waals surface area contributed by atoms with Crippen LogP contribution in [0, 0.1) is 0 Å². The van der Waals surface area contributed by atoms with E-state index in [1.54, 1.807) is 72.8 Å². The van der Waals surface area contributed by atoms with Crippen molar-refractivity contribution in [3.05, 3.63) is 107 Å². The molecule has 1 heterocycles. The summed E-state index contributed by atoms with van der Waals surface area (Å²) in [6.07, 6.45) is 0. The Balaban J connectivity index is 0.000000184. The van der Waals surface area contributed by atoms with Crippen LogP contribution in [0.4, 0.5) is 0 Å². The zero-order valence-corrected chi connectivity index (χ0v) is 15.4. The molecular weight excluding hydrogens is 390 g/mol. The van der Waals surface area contributed by atoms with E-state index in [9.17, 15) is 19.2 Å². The van der Waals surface area contributed by atoms with Crippen molar-refractivity contribution in [2.75, 3.05) is 0 Å². The summed E-state index contributed by atoms with van der Waals surface area (Å²) in [6, 6.07) is 22.9. The standard InChI is InChI=1S/C14H10O4.C8H5NO3/c15-13(11-7-3-1-4-8-11)17-18-14(16)12-9-5-2-6-10-12;10-7-5-3-1-2-4-6(5)8(11)9(7)12/h1-10H;1-4,12H. The minimum atomic E-state index is -0.708. The SMILES string of the molecule is O=C(OOC(=O)c1ccccc1)c1ccccc1.O=C1c2ccccc2C(=O)N1O. The first kappa shape index (κ1) is 20.4. The molecule has 1 aliphatic heterocycles. The van der Waals surface area contributed by atoms with Crippen LogP contribution in [-0.2, 0) is 9.78 Å². The molecule has 0 spiro atoms. The molecule has 8 nitrogen and oxygen atoms in total. The van der Waals surface area contributed by atoms with E-state index in [-0.39, 0.29) is 16.2 Å². The van der Waals surface area contributed by atoms with Crippen LogP contribution < -0.4 is 0 Å². The number of amides is 2. The Bertz CT molecular complexity index is 994. The molecule has 0 saturated heterocycles. The van der Waals surface area contributed by atoms with Gasteiger partial charge < -0.3 is 0 Å². The predicted molar refractivity (Wildman–Crippen MR) is 102 cm³/mol. The van der Waals surface area contributed by atoms with E-state index in [1.807, 2.05) is 0 Å². The number of benzene rings is 3. The zero-order valence-electron chi connectivity index (χ0n) is 15.4. The number of hydroxylamine groups is 2. The monoisotopic (exact) mass is 405 g/mol. The lowest BCUT2D eigenvalue weighted by Crippen LogP contribution is -2.25. The second kappa shape index (κ2) is 9.26. The first-order valence-electron chi connectivity index (χ1n) is 8.69. The second-order valence-electron chi connectivity index (χ2n) is 5.94. The number of fused-ring (bicyclic) bond motifs is 1. The largest absolute Gasteiger partial charge is 0.386 e. The van der Waals surface area contributed by atoms with E-state index in [0.29, 0.717) is 11.1 Å². The number of rotatable bonds is 2. The number of imide groups is 1. The number of carbonyl (C=O) groups is 4. The quantitative estimate of drug-likeness (QED) is 0.301. The van der Waals surface area contributed by atoms with Gasteiger partial charge in [0.15, 0.2) is 0 Å². The molecule has 1 N–H and O–H groups in total. The normalized spacial score (nSPS) is 11.8. The Labute approximate surface area is 170 Å². The molecule has 0 fully saturated rings. The fourth-order valence-electron chi connectivity index (χ4n) is 2.50. The molecule has 3 aromatic rings. The summed E-state index contributed by atoms with van der Waals surface area (Å²) in [4.78, 5) is 54.0. The highest BCUT2D eigenvalue weighted by Crippen LogP contribution is 2.20. The van der Waals surface area contributed by atoms with Crippen molar-refractivity contribution in [3.63, 3.8) is 0 Å². The molecule has 0 aliphatic carbocycles. The molecule has 0 radical (unpaired) electrons. The van der Waals surface area contributed by atoms with E-state index in [2.05, 4.69) is 9.78 Å². The van der Waals surface area contributed by atoms with Crippen LogP contribution in [0.3, 0.4) is 0 Å². The van der Waals surface area contributed by atoms with Gasteiger partial charge in [-0.2, -0.15) is 0 Å². The summed E-state index contributed by atoms with van der Waals surface area (Å²) < 4.78 is 0. The third-order valence-electron chi connectivity index (χ3n) is 3.98. The third-order valence-corrected chi connectivity index (χ3v) is 3.98. The van der Waals surface area contributed by atoms with E-state index in [0.717, 1.165) is 0 Å². The van der Waals surface area contributed by atoms with E-state index < -0.39 is 23.8 Å². The van der Waals surface area contributed by atoms with Gasteiger partial charge in [-0.25, -0.2) is 19.4 Å². The molecule has 1 aliphatic rings. The lowest BCUT2D eigenvalue weighted by atomic mass is 10.1. The van der Waals surface area contributed by atoms with E-state index in [4.69, 9.17) is 5.21 Å². The molecule has 30 heavy (non-hydrogen) atoms. The zero-order chi connectivity index (χ0) is 21.5. The van der Waals surface area contributed by atoms with E-state index in [1.165, 1.54) is 12.1 Å². The highest BCUT2D eigenvalue weighted by atomic mass is 17.2. The maximum Gasteiger partial charge on any atom is 0.386 e. The molecule has 4 rings (SSSR count). The maximum atomic E-state index is 11.5. The number of hydrogen-bond acceptors (Lipinski definition) is 7. The summed E-state index contributed by atoms with van der Waals surface area (Å²) in [5.41, 5.74) is 1.15. The van der Waals surface area contributed by atoms with Gasteiger partial charge in [0.25, 0.3) is 11.8 Å². The number of hydrogen-bond donors (Lipinski definition) is 1. The van der Waals surface area contributed by atoms with Crippen LogP contribution in [0.2, 0.25) is 0 Å². The van der Waals surface area contributed by atoms with Crippen LogP contribution >= 0.6 is 0 Å². The van der Waals surface area contributed by atoms with Crippen molar-refractivity contribution < 1.29 is 34.2 Å². The summed E-state index contributed by atoms with van der Waals surface area (Å²) >= 11 is 0. The minimum Gasteiger partial charge on any atom is -0.278 e.